The van der Waals surface area contributed by atoms with Crippen LogP contribution in [0.4, 0.5) is 0 Å². The zero-order chi connectivity index (χ0) is 20.1. The molecule has 2 saturated heterocycles. The zero-order valence-corrected chi connectivity index (χ0v) is 19.3. The van der Waals surface area contributed by atoms with Crippen molar-refractivity contribution >= 4 is 34.4 Å². The highest BCUT2D eigenvalue weighted by atomic mass is 32.2. The van der Waals surface area contributed by atoms with E-state index in [0.717, 1.165) is 12.5 Å². The van der Waals surface area contributed by atoms with E-state index in [0.29, 0.717) is 12.1 Å². The first kappa shape index (κ1) is 19.3. The first-order chi connectivity index (χ1) is 14.8. The van der Waals surface area contributed by atoms with E-state index in [4.69, 9.17) is 0 Å². The Balaban J connectivity index is 1.54. The van der Waals surface area contributed by atoms with Crippen LogP contribution in [-0.4, -0.2) is 27.5 Å². The number of likely N-dealkylation sites (tertiary alicyclic amines) is 1. The van der Waals surface area contributed by atoms with Crippen LogP contribution in [-0.2, 0) is 10.6 Å². The fourth-order valence-corrected chi connectivity index (χ4v) is 10.1. The molecule has 3 aromatic rings. The monoisotopic (exact) mass is 434 g/mol. The van der Waals surface area contributed by atoms with Crippen molar-refractivity contribution < 1.29 is 0 Å². The summed E-state index contributed by atoms with van der Waals surface area (Å²) in [7, 11) is 0. The Bertz CT molecular complexity index is 1040. The van der Waals surface area contributed by atoms with E-state index in [9.17, 15) is 0 Å². The lowest BCUT2D eigenvalue weighted by Gasteiger charge is -2.58. The van der Waals surface area contributed by atoms with Crippen LogP contribution in [0.15, 0.2) is 60.7 Å². The Kier molecular flexibility index (Phi) is 4.93. The highest BCUT2D eigenvalue weighted by Gasteiger charge is 2.56. The van der Waals surface area contributed by atoms with Gasteiger partial charge in [0.1, 0.15) is 4.08 Å². The summed E-state index contributed by atoms with van der Waals surface area (Å²) in [5.74, 6) is 4.09. The predicted molar refractivity (Wildman–Crippen MR) is 131 cm³/mol. The Morgan fingerprint density at radius 2 is 1.77 bits per heavy atom. The average molecular weight is 435 g/mol. The Hall–Kier alpha value is -1.36. The molecule has 2 bridgehead atoms. The van der Waals surface area contributed by atoms with Crippen molar-refractivity contribution in [2.24, 2.45) is 11.8 Å². The lowest BCUT2D eigenvalue weighted by atomic mass is 9.75. The summed E-state index contributed by atoms with van der Waals surface area (Å²) in [6.07, 6.45) is 4.40. The molecule has 2 nitrogen and oxygen atoms in total. The van der Waals surface area contributed by atoms with Crippen molar-refractivity contribution in [2.75, 3.05) is 18.1 Å². The third kappa shape index (κ3) is 2.83. The second kappa shape index (κ2) is 7.65. The average Bonchev–Trinajstić information content (AvgIpc) is 3.19. The van der Waals surface area contributed by atoms with Gasteiger partial charge in [-0.1, -0.05) is 55.5 Å². The molecule has 1 aromatic heterocycles. The van der Waals surface area contributed by atoms with E-state index in [-0.39, 0.29) is 4.08 Å². The molecule has 1 spiro atoms. The van der Waals surface area contributed by atoms with Gasteiger partial charge in [-0.15, -0.1) is 23.5 Å². The quantitative estimate of drug-likeness (QED) is 0.452. The number of fused-ring (bicyclic) bond motifs is 8. The zero-order valence-electron chi connectivity index (χ0n) is 17.7. The lowest BCUT2D eigenvalue weighted by Crippen LogP contribution is -2.55. The molecule has 0 N–H and O–H groups in total. The summed E-state index contributed by atoms with van der Waals surface area (Å²) < 4.78 is 3.01. The van der Waals surface area contributed by atoms with Crippen molar-refractivity contribution in [1.29, 1.82) is 0 Å². The van der Waals surface area contributed by atoms with Crippen LogP contribution in [0.3, 0.4) is 0 Å². The maximum atomic E-state index is 2.78. The van der Waals surface area contributed by atoms with Crippen LogP contribution in [0.25, 0.3) is 10.9 Å². The van der Waals surface area contributed by atoms with Crippen LogP contribution < -0.4 is 0 Å². The maximum absolute atomic E-state index is 2.78. The van der Waals surface area contributed by atoms with Gasteiger partial charge < -0.3 is 4.57 Å². The summed E-state index contributed by atoms with van der Waals surface area (Å²) in [6, 6.07) is 22.7. The van der Waals surface area contributed by atoms with Gasteiger partial charge in [0, 0.05) is 24.3 Å². The lowest BCUT2D eigenvalue weighted by molar-refractivity contribution is -0.0265. The number of thioether (sulfide) groups is 2. The van der Waals surface area contributed by atoms with Gasteiger partial charge in [0.15, 0.2) is 0 Å². The van der Waals surface area contributed by atoms with Gasteiger partial charge in [0.2, 0.25) is 0 Å². The molecule has 0 amide bonds. The number of aromatic nitrogens is 1. The van der Waals surface area contributed by atoms with Gasteiger partial charge in [0.05, 0.1) is 6.17 Å². The summed E-state index contributed by atoms with van der Waals surface area (Å²) in [5, 5.41) is 1.42. The van der Waals surface area contributed by atoms with Gasteiger partial charge in [-0.05, 0) is 65.7 Å². The number of hydrogen-bond donors (Lipinski definition) is 0. The predicted octanol–water partition coefficient (Wildman–Crippen LogP) is 6.72. The number of piperidine rings is 1. The SMILES string of the molecule is CCC1[C@@H]2N(Cc3ccccc3)CC[C@H]1C1(SCCCS1)c1cc3ccccc3n12. The number of hydrogen-bond acceptors (Lipinski definition) is 3. The molecule has 4 heterocycles. The van der Waals surface area contributed by atoms with Gasteiger partial charge in [-0.2, -0.15) is 0 Å². The van der Waals surface area contributed by atoms with Gasteiger partial charge >= 0.3 is 0 Å². The van der Waals surface area contributed by atoms with Crippen LogP contribution in [0.2, 0.25) is 0 Å². The van der Waals surface area contributed by atoms with Crippen molar-refractivity contribution in [3.8, 4) is 0 Å². The minimum atomic E-state index is 0.243. The second-order valence-electron chi connectivity index (χ2n) is 9.01. The van der Waals surface area contributed by atoms with Crippen LogP contribution in [0.5, 0.6) is 0 Å². The van der Waals surface area contributed by atoms with E-state index < -0.39 is 0 Å². The minimum absolute atomic E-state index is 0.243. The third-order valence-electron chi connectivity index (χ3n) is 7.48. The fourth-order valence-electron chi connectivity index (χ4n) is 6.27. The first-order valence-corrected chi connectivity index (χ1v) is 13.5. The molecule has 156 valence electrons. The second-order valence-corrected chi connectivity index (χ2v) is 12.0. The topological polar surface area (TPSA) is 8.17 Å². The summed E-state index contributed by atoms with van der Waals surface area (Å²) in [5.41, 5.74) is 4.46. The maximum Gasteiger partial charge on any atom is 0.104 e. The number of para-hydroxylation sites is 1. The Morgan fingerprint density at radius 3 is 2.57 bits per heavy atom. The van der Waals surface area contributed by atoms with E-state index in [1.54, 1.807) is 5.69 Å². The largest absolute Gasteiger partial charge is 0.326 e. The molecule has 0 aliphatic carbocycles. The molecule has 2 aromatic carbocycles. The molecule has 3 aliphatic heterocycles. The molecule has 3 aliphatic rings. The van der Waals surface area contributed by atoms with E-state index >= 15 is 0 Å². The Labute approximate surface area is 188 Å². The van der Waals surface area contributed by atoms with Crippen LogP contribution in [0, 0.1) is 11.8 Å². The molecule has 0 saturated carbocycles. The van der Waals surface area contributed by atoms with Crippen molar-refractivity contribution in [3.05, 3.63) is 71.9 Å². The molecule has 2 fully saturated rings. The number of rotatable bonds is 3. The smallest absolute Gasteiger partial charge is 0.104 e. The van der Waals surface area contributed by atoms with Crippen LogP contribution >= 0.6 is 23.5 Å². The molecule has 4 heteroatoms. The summed E-state index contributed by atoms with van der Waals surface area (Å²) >= 11 is 4.52. The molecule has 6 rings (SSSR count). The molecule has 3 atom stereocenters. The van der Waals surface area contributed by atoms with Crippen molar-refractivity contribution in [1.82, 2.24) is 9.47 Å². The van der Waals surface area contributed by atoms with Gasteiger partial charge in [-0.3, -0.25) is 4.90 Å². The van der Waals surface area contributed by atoms with Crippen LogP contribution in [0.1, 0.15) is 43.6 Å². The molecule has 30 heavy (non-hydrogen) atoms. The highest BCUT2D eigenvalue weighted by molar-refractivity contribution is 8.18. The van der Waals surface area contributed by atoms with Gasteiger partial charge in [0.25, 0.3) is 0 Å². The minimum Gasteiger partial charge on any atom is -0.326 e. The van der Waals surface area contributed by atoms with E-state index in [2.05, 4.69) is 101 Å². The summed E-state index contributed by atoms with van der Waals surface area (Å²) in [4.78, 5) is 2.78. The Morgan fingerprint density at radius 1 is 1.00 bits per heavy atom. The third-order valence-corrected chi connectivity index (χ3v) is 11.1. The highest BCUT2D eigenvalue weighted by Crippen LogP contribution is 2.65. The summed E-state index contributed by atoms with van der Waals surface area (Å²) in [6.45, 7) is 4.68. The number of nitrogens with zero attached hydrogens (tertiary/aromatic N) is 2. The number of benzene rings is 2. The van der Waals surface area contributed by atoms with E-state index in [1.165, 1.54) is 53.8 Å². The molecular weight excluding hydrogens is 404 g/mol. The van der Waals surface area contributed by atoms with Crippen molar-refractivity contribution in [3.63, 3.8) is 0 Å². The molecule has 1 unspecified atom stereocenters. The molecular formula is C26H30N2S2. The first-order valence-electron chi connectivity index (χ1n) is 11.5. The van der Waals surface area contributed by atoms with E-state index in [1.807, 2.05) is 0 Å². The normalized spacial score (nSPS) is 28.0. The fraction of sp³-hybridized carbons (Fsp3) is 0.462. The van der Waals surface area contributed by atoms with Crippen molar-refractivity contribution in [2.45, 2.75) is 43.0 Å². The standard InChI is InChI=1S/C26H30N2S2/c1-2-21-22-13-14-27(18-19-9-4-3-5-10-19)25(21)28-23-12-7-6-11-20(23)17-24(28)26(22)29-15-8-16-30-26/h3-7,9-12,17,21-22,25H,2,8,13-16,18H2,1H3/t21?,22-,25-/m1/s1. The molecule has 0 radical (unpaired) electrons. The van der Waals surface area contributed by atoms with Gasteiger partial charge in [-0.25, -0.2) is 0 Å².